The average Bonchev–Trinajstić information content (AvgIpc) is 3.34. The van der Waals surface area contributed by atoms with E-state index >= 15 is 0 Å². The van der Waals surface area contributed by atoms with Crippen molar-refractivity contribution in [2.45, 2.75) is 11.8 Å². The summed E-state index contributed by atoms with van der Waals surface area (Å²) in [6, 6.07) is 15.0. The van der Waals surface area contributed by atoms with E-state index in [0.717, 1.165) is 16.3 Å². The molecule has 0 fully saturated rings. The number of carbonyl (C=O) groups is 1. The molecule has 2 aromatic heterocycles. The van der Waals surface area contributed by atoms with Crippen molar-refractivity contribution in [2.24, 2.45) is 5.14 Å². The first-order valence-electron chi connectivity index (χ1n) is 8.99. The largest absolute Gasteiger partial charge is 0.332 e. The van der Waals surface area contributed by atoms with Crippen LogP contribution in [0.3, 0.4) is 0 Å². The van der Waals surface area contributed by atoms with E-state index in [1.54, 1.807) is 36.4 Å². The molecule has 0 bridgehead atoms. The summed E-state index contributed by atoms with van der Waals surface area (Å²) in [5.74, 6) is -0.218. The van der Waals surface area contributed by atoms with Crippen LogP contribution in [0.5, 0.6) is 0 Å². The first kappa shape index (κ1) is 21.1. The van der Waals surface area contributed by atoms with E-state index in [4.69, 9.17) is 5.14 Å². The minimum atomic E-state index is -3.73. The van der Waals surface area contributed by atoms with Gasteiger partial charge in [0.2, 0.25) is 10.0 Å². The minimum absolute atomic E-state index is 0.0447. The molecule has 2 heterocycles. The fraction of sp³-hybridized carbons (Fsp3) is 0.0500. The number of anilines is 3. The van der Waals surface area contributed by atoms with Gasteiger partial charge >= 0.3 is 0 Å². The van der Waals surface area contributed by atoms with Gasteiger partial charge in [-0.05, 0) is 43.3 Å². The number of thiazole rings is 2. The van der Waals surface area contributed by atoms with Crippen molar-refractivity contribution < 1.29 is 13.2 Å². The summed E-state index contributed by atoms with van der Waals surface area (Å²) in [5, 5.41) is 14.1. The van der Waals surface area contributed by atoms with Crippen molar-refractivity contribution >= 4 is 54.6 Å². The van der Waals surface area contributed by atoms with Gasteiger partial charge in [-0.15, -0.1) is 11.3 Å². The summed E-state index contributed by atoms with van der Waals surface area (Å²) in [4.78, 5) is 22.3. The first-order valence-corrected chi connectivity index (χ1v) is 12.2. The van der Waals surface area contributed by atoms with Gasteiger partial charge in [0.1, 0.15) is 0 Å². The molecule has 4 rings (SSSR count). The molecule has 0 aliphatic carbocycles. The Labute approximate surface area is 186 Å². The molecule has 0 atom stereocenters. The Morgan fingerprint density at radius 2 is 1.71 bits per heavy atom. The number of amides is 1. The van der Waals surface area contributed by atoms with Crippen molar-refractivity contribution in [3.63, 3.8) is 0 Å². The quantitative estimate of drug-likeness (QED) is 0.386. The van der Waals surface area contributed by atoms with Crippen molar-refractivity contribution in [2.75, 3.05) is 10.6 Å². The molecule has 158 valence electrons. The third-order valence-electron chi connectivity index (χ3n) is 4.22. The number of nitrogens with one attached hydrogen (secondary N) is 2. The van der Waals surface area contributed by atoms with Gasteiger partial charge in [-0.3, -0.25) is 10.1 Å². The van der Waals surface area contributed by atoms with Crippen LogP contribution in [0.15, 0.2) is 64.9 Å². The van der Waals surface area contributed by atoms with Crippen molar-refractivity contribution in [3.05, 3.63) is 71.2 Å². The van der Waals surface area contributed by atoms with Crippen LogP contribution in [0.1, 0.15) is 16.1 Å². The molecule has 0 unspecified atom stereocenters. The van der Waals surface area contributed by atoms with Crippen LogP contribution in [-0.4, -0.2) is 24.3 Å². The minimum Gasteiger partial charge on any atom is -0.332 e. The zero-order valence-electron chi connectivity index (χ0n) is 16.2. The van der Waals surface area contributed by atoms with Gasteiger partial charge in [-0.1, -0.05) is 29.5 Å². The number of carbonyl (C=O) groups excluding carboxylic acids is 1. The molecule has 0 aliphatic rings. The Bertz CT molecular complexity index is 1330. The van der Waals surface area contributed by atoms with Crippen LogP contribution in [0.4, 0.5) is 16.0 Å². The molecule has 31 heavy (non-hydrogen) atoms. The Kier molecular flexibility index (Phi) is 5.83. The molecular weight excluding hydrogens is 454 g/mol. The van der Waals surface area contributed by atoms with Crippen LogP contribution in [0.25, 0.3) is 10.6 Å². The highest BCUT2D eigenvalue weighted by Gasteiger charge is 2.16. The van der Waals surface area contributed by atoms with Gasteiger partial charge in [0.05, 0.1) is 21.2 Å². The summed E-state index contributed by atoms with van der Waals surface area (Å²) in [6.07, 6.45) is 0. The number of sulfonamides is 1. The molecule has 0 saturated carbocycles. The number of nitrogens with two attached hydrogens (primary N) is 1. The molecule has 11 heteroatoms. The van der Waals surface area contributed by atoms with Crippen LogP contribution < -0.4 is 15.8 Å². The third kappa shape index (κ3) is 4.97. The predicted octanol–water partition coefficient (Wildman–Crippen LogP) is 4.22. The van der Waals surface area contributed by atoms with Gasteiger partial charge in [0, 0.05) is 16.6 Å². The maximum Gasteiger partial charge on any atom is 0.257 e. The number of aromatic nitrogens is 2. The lowest BCUT2D eigenvalue weighted by molar-refractivity contribution is 0.102. The number of rotatable bonds is 6. The lowest BCUT2D eigenvalue weighted by atomic mass is 10.2. The molecule has 8 nitrogen and oxygen atoms in total. The highest BCUT2D eigenvalue weighted by molar-refractivity contribution is 7.89. The van der Waals surface area contributed by atoms with Gasteiger partial charge in [0.25, 0.3) is 5.91 Å². The maximum absolute atomic E-state index is 12.4. The topological polar surface area (TPSA) is 127 Å². The van der Waals surface area contributed by atoms with E-state index < -0.39 is 10.0 Å². The summed E-state index contributed by atoms with van der Waals surface area (Å²) in [7, 11) is -3.73. The highest BCUT2D eigenvalue weighted by Crippen LogP contribution is 2.35. The van der Waals surface area contributed by atoms with E-state index in [2.05, 4.69) is 20.6 Å². The Hall–Kier alpha value is -3.12. The van der Waals surface area contributed by atoms with Crippen molar-refractivity contribution in [1.82, 2.24) is 9.97 Å². The molecule has 1 amide bonds. The van der Waals surface area contributed by atoms with E-state index in [9.17, 15) is 13.2 Å². The second kappa shape index (κ2) is 8.55. The van der Waals surface area contributed by atoms with Crippen molar-refractivity contribution in [3.8, 4) is 10.6 Å². The molecule has 2 aromatic carbocycles. The number of aryl methyl sites for hydroxylation is 1. The monoisotopic (exact) mass is 471 g/mol. The number of hydrogen-bond donors (Lipinski definition) is 3. The zero-order chi connectivity index (χ0) is 22.0. The smallest absolute Gasteiger partial charge is 0.257 e. The molecule has 0 saturated heterocycles. The van der Waals surface area contributed by atoms with Gasteiger partial charge in [0.15, 0.2) is 10.3 Å². The van der Waals surface area contributed by atoms with Crippen molar-refractivity contribution in [1.29, 1.82) is 0 Å². The normalized spacial score (nSPS) is 11.3. The maximum atomic E-state index is 12.4. The summed E-state index contributed by atoms with van der Waals surface area (Å²) in [5.41, 5.74) is 2.75. The van der Waals surface area contributed by atoms with Gasteiger partial charge < -0.3 is 5.32 Å². The average molecular weight is 472 g/mol. The molecule has 4 N–H and O–H groups in total. The molecular formula is C20H17N5O3S3. The molecule has 0 spiro atoms. The first-order chi connectivity index (χ1) is 14.8. The van der Waals surface area contributed by atoms with E-state index in [-0.39, 0.29) is 10.8 Å². The fourth-order valence-corrected chi connectivity index (χ4v) is 4.97. The van der Waals surface area contributed by atoms with E-state index in [1.807, 2.05) is 18.4 Å². The summed E-state index contributed by atoms with van der Waals surface area (Å²) < 4.78 is 22.7. The molecule has 0 aliphatic heterocycles. The van der Waals surface area contributed by atoms with Crippen LogP contribution in [0, 0.1) is 6.92 Å². The summed E-state index contributed by atoms with van der Waals surface area (Å²) >= 11 is 2.76. The summed E-state index contributed by atoms with van der Waals surface area (Å²) in [6.45, 7) is 1.86. The van der Waals surface area contributed by atoms with Gasteiger partial charge in [-0.25, -0.2) is 23.5 Å². The Balaban J connectivity index is 1.48. The number of hydrogen-bond acceptors (Lipinski definition) is 8. The number of benzene rings is 2. The third-order valence-corrected chi connectivity index (χ3v) is 7.01. The Morgan fingerprint density at radius 1 is 1.00 bits per heavy atom. The zero-order valence-corrected chi connectivity index (χ0v) is 18.6. The lowest BCUT2D eigenvalue weighted by Crippen LogP contribution is -2.11. The second-order valence-corrected chi connectivity index (χ2v) is 9.90. The van der Waals surface area contributed by atoms with Gasteiger partial charge in [-0.2, -0.15) is 0 Å². The van der Waals surface area contributed by atoms with Crippen LogP contribution >= 0.6 is 22.7 Å². The SMILES string of the molecule is Cc1nc(NC(=O)c2ccccc2)sc1-c1csc(Nc2ccc(S(N)(=O)=O)cc2)n1. The predicted molar refractivity (Wildman–Crippen MR) is 123 cm³/mol. The number of primary sulfonamides is 1. The van der Waals surface area contributed by atoms with E-state index in [0.29, 0.717) is 21.5 Å². The highest BCUT2D eigenvalue weighted by atomic mass is 32.2. The van der Waals surface area contributed by atoms with Crippen LogP contribution in [-0.2, 0) is 10.0 Å². The Morgan fingerprint density at radius 3 is 2.39 bits per heavy atom. The van der Waals surface area contributed by atoms with Crippen LogP contribution in [0.2, 0.25) is 0 Å². The molecule has 4 aromatic rings. The standard InChI is InChI=1S/C20H17N5O3S3/c1-12-17(30-20(22-12)25-18(26)13-5-3-2-4-6-13)16-11-29-19(24-16)23-14-7-9-15(10-8-14)31(21,27)28/h2-11H,1H3,(H,23,24)(H2,21,27,28)(H,22,25,26). The van der Waals surface area contributed by atoms with E-state index in [1.165, 1.54) is 34.8 Å². The number of nitrogens with zero attached hydrogens (tertiary/aromatic N) is 2. The molecule has 0 radical (unpaired) electrons. The fourth-order valence-electron chi connectivity index (χ4n) is 2.73. The second-order valence-electron chi connectivity index (χ2n) is 6.49. The lowest BCUT2D eigenvalue weighted by Gasteiger charge is -2.03.